The van der Waals surface area contributed by atoms with E-state index in [1.54, 1.807) is 18.2 Å². The van der Waals surface area contributed by atoms with E-state index in [1.807, 2.05) is 0 Å². The SMILES string of the molecule is O=C(NC(CN1CCCC1)C(O)c1cc(F)c2c(c1)OCCO2)/C(=N/O)c1cc2cc(Cl)ccc2o1. The minimum absolute atomic E-state index is 0.00276. The topological polar surface area (TPSA) is 117 Å². The zero-order valence-corrected chi connectivity index (χ0v) is 20.0. The Morgan fingerprint density at radius 3 is 2.72 bits per heavy atom. The van der Waals surface area contributed by atoms with Crippen LogP contribution in [0.15, 0.2) is 46.0 Å². The number of rotatable bonds is 7. The lowest BCUT2D eigenvalue weighted by molar-refractivity contribution is -0.116. The monoisotopic (exact) mass is 517 g/mol. The smallest absolute Gasteiger partial charge is 0.277 e. The van der Waals surface area contributed by atoms with E-state index >= 15 is 0 Å². The maximum Gasteiger partial charge on any atom is 0.277 e. The van der Waals surface area contributed by atoms with Gasteiger partial charge in [-0.15, -0.1) is 0 Å². The number of carbonyl (C=O) groups excluding carboxylic acids is 1. The first-order valence-electron chi connectivity index (χ1n) is 11.6. The van der Waals surface area contributed by atoms with Gasteiger partial charge in [0.2, 0.25) is 5.71 Å². The largest absolute Gasteiger partial charge is 0.486 e. The lowest BCUT2D eigenvalue weighted by atomic mass is 10.00. The first-order chi connectivity index (χ1) is 17.4. The van der Waals surface area contributed by atoms with Gasteiger partial charge in [-0.2, -0.15) is 0 Å². The van der Waals surface area contributed by atoms with Crippen LogP contribution in [0, 0.1) is 5.82 Å². The van der Waals surface area contributed by atoms with Gasteiger partial charge in [0.15, 0.2) is 23.1 Å². The Kier molecular flexibility index (Phi) is 6.99. The van der Waals surface area contributed by atoms with Crippen molar-refractivity contribution in [1.82, 2.24) is 10.2 Å². The standard InChI is InChI=1S/C25H25ClFN3O6/c26-16-3-4-19-14(9-16)11-20(36-19)22(29-33)25(32)28-18(13-30-5-1-2-6-30)23(31)15-10-17(27)24-21(12-15)34-7-8-35-24/h3-4,9-12,18,23,31,33H,1-2,5-8,13H2,(H,28,32)/b29-22+. The van der Waals surface area contributed by atoms with Crippen LogP contribution in [0.5, 0.6) is 11.5 Å². The second-order valence-corrected chi connectivity index (χ2v) is 9.24. The van der Waals surface area contributed by atoms with Gasteiger partial charge in [-0.3, -0.25) is 4.79 Å². The van der Waals surface area contributed by atoms with Crippen molar-refractivity contribution in [2.75, 3.05) is 32.8 Å². The molecular weight excluding hydrogens is 493 g/mol. The van der Waals surface area contributed by atoms with Crippen LogP contribution in [0.25, 0.3) is 11.0 Å². The van der Waals surface area contributed by atoms with E-state index in [-0.39, 0.29) is 41.7 Å². The van der Waals surface area contributed by atoms with Crippen molar-refractivity contribution in [2.24, 2.45) is 5.16 Å². The lowest BCUT2D eigenvalue weighted by Crippen LogP contribution is -2.48. The second kappa shape index (κ2) is 10.3. The number of carbonyl (C=O) groups is 1. The average molecular weight is 518 g/mol. The molecule has 2 aliphatic heterocycles. The molecule has 2 unspecified atom stereocenters. The van der Waals surface area contributed by atoms with Gasteiger partial charge in [0.05, 0.1) is 6.04 Å². The molecule has 1 fully saturated rings. The van der Waals surface area contributed by atoms with Crippen molar-refractivity contribution in [3.05, 3.63) is 58.6 Å². The molecule has 1 aromatic heterocycles. The average Bonchev–Trinajstić information content (AvgIpc) is 3.53. The molecule has 0 radical (unpaired) electrons. The first-order valence-corrected chi connectivity index (χ1v) is 12.0. The molecule has 190 valence electrons. The van der Waals surface area contributed by atoms with Gasteiger partial charge in [-0.05, 0) is 67.9 Å². The maximum atomic E-state index is 14.7. The summed E-state index contributed by atoms with van der Waals surface area (Å²) in [5.74, 6) is -1.20. The van der Waals surface area contributed by atoms with Gasteiger partial charge in [0.1, 0.15) is 24.9 Å². The zero-order chi connectivity index (χ0) is 25.2. The number of furan rings is 1. The number of fused-ring (bicyclic) bond motifs is 2. The molecule has 0 bridgehead atoms. The van der Waals surface area contributed by atoms with Crippen molar-refractivity contribution in [2.45, 2.75) is 25.0 Å². The Morgan fingerprint density at radius 2 is 1.94 bits per heavy atom. The Balaban J connectivity index is 1.41. The van der Waals surface area contributed by atoms with Crippen molar-refractivity contribution < 1.29 is 33.4 Å². The quantitative estimate of drug-likeness (QED) is 0.249. The van der Waals surface area contributed by atoms with E-state index in [9.17, 15) is 19.5 Å². The van der Waals surface area contributed by atoms with Gasteiger partial charge in [-0.1, -0.05) is 16.8 Å². The third-order valence-electron chi connectivity index (χ3n) is 6.34. The van der Waals surface area contributed by atoms with E-state index in [2.05, 4.69) is 15.4 Å². The van der Waals surface area contributed by atoms with Crippen molar-refractivity contribution in [3.8, 4) is 11.5 Å². The Bertz CT molecular complexity index is 1310. The molecular formula is C25H25ClFN3O6. The number of benzene rings is 2. The molecule has 3 N–H and O–H groups in total. The summed E-state index contributed by atoms with van der Waals surface area (Å²) < 4.78 is 31.2. The van der Waals surface area contributed by atoms with Crippen LogP contribution in [-0.2, 0) is 4.79 Å². The van der Waals surface area contributed by atoms with E-state index in [4.69, 9.17) is 25.5 Å². The number of ether oxygens (including phenoxy) is 2. The van der Waals surface area contributed by atoms with Crippen molar-refractivity contribution in [1.29, 1.82) is 0 Å². The number of oxime groups is 1. The molecule has 1 amide bonds. The highest BCUT2D eigenvalue weighted by atomic mass is 35.5. The fourth-order valence-electron chi connectivity index (χ4n) is 4.58. The van der Waals surface area contributed by atoms with Crippen LogP contribution in [0.2, 0.25) is 5.02 Å². The molecule has 2 aliphatic rings. The summed E-state index contributed by atoms with van der Waals surface area (Å²) in [6.07, 6.45) is 0.718. The van der Waals surface area contributed by atoms with Crippen molar-refractivity contribution >= 4 is 34.2 Å². The molecule has 3 aromatic rings. The van der Waals surface area contributed by atoms with Gasteiger partial charge in [0.25, 0.3) is 5.91 Å². The van der Waals surface area contributed by atoms with E-state index in [1.165, 1.54) is 18.2 Å². The van der Waals surface area contributed by atoms with Crippen LogP contribution in [-0.4, -0.2) is 65.7 Å². The summed E-state index contributed by atoms with van der Waals surface area (Å²) in [5, 5.41) is 27.9. The number of hydrogen-bond donors (Lipinski definition) is 3. The Morgan fingerprint density at radius 1 is 1.17 bits per heavy atom. The van der Waals surface area contributed by atoms with E-state index in [0.29, 0.717) is 22.5 Å². The molecule has 9 nitrogen and oxygen atoms in total. The van der Waals surface area contributed by atoms with Crippen LogP contribution in [0.1, 0.15) is 30.3 Å². The minimum Gasteiger partial charge on any atom is -0.486 e. The highest BCUT2D eigenvalue weighted by Gasteiger charge is 2.31. The van der Waals surface area contributed by atoms with Crippen molar-refractivity contribution in [3.63, 3.8) is 0 Å². The maximum absolute atomic E-state index is 14.7. The number of aliphatic hydroxyl groups is 1. The third kappa shape index (κ3) is 4.97. The van der Waals surface area contributed by atoms with Crippen LogP contribution in [0.4, 0.5) is 4.39 Å². The fourth-order valence-corrected chi connectivity index (χ4v) is 4.76. The molecule has 36 heavy (non-hydrogen) atoms. The number of halogens is 2. The Labute approximate surface area is 211 Å². The number of hydrogen-bond acceptors (Lipinski definition) is 8. The van der Waals surface area contributed by atoms with Gasteiger partial charge in [-0.25, -0.2) is 4.39 Å². The van der Waals surface area contributed by atoms with Gasteiger partial charge in [0, 0.05) is 17.0 Å². The molecule has 2 aromatic carbocycles. The normalized spacial score (nSPS) is 17.8. The predicted molar refractivity (Wildman–Crippen MR) is 130 cm³/mol. The molecule has 2 atom stereocenters. The summed E-state index contributed by atoms with van der Waals surface area (Å²) in [4.78, 5) is 15.3. The van der Waals surface area contributed by atoms with E-state index in [0.717, 1.165) is 25.9 Å². The summed E-state index contributed by atoms with van der Waals surface area (Å²) in [7, 11) is 0. The molecule has 1 saturated heterocycles. The van der Waals surface area contributed by atoms with Crippen LogP contribution < -0.4 is 14.8 Å². The second-order valence-electron chi connectivity index (χ2n) is 8.80. The molecule has 3 heterocycles. The lowest BCUT2D eigenvalue weighted by Gasteiger charge is -2.29. The zero-order valence-electron chi connectivity index (χ0n) is 19.2. The summed E-state index contributed by atoms with van der Waals surface area (Å²) in [6, 6.07) is 8.31. The Hall–Kier alpha value is -3.34. The summed E-state index contributed by atoms with van der Waals surface area (Å²) >= 11 is 6.03. The molecule has 11 heteroatoms. The number of likely N-dealkylation sites (tertiary alicyclic amines) is 1. The highest BCUT2D eigenvalue weighted by molar-refractivity contribution is 6.44. The molecule has 0 aliphatic carbocycles. The molecule has 0 spiro atoms. The summed E-state index contributed by atoms with van der Waals surface area (Å²) in [5.41, 5.74) is 0.320. The third-order valence-corrected chi connectivity index (χ3v) is 6.57. The van der Waals surface area contributed by atoms with Gasteiger partial charge < -0.3 is 34.4 Å². The number of nitrogens with one attached hydrogen (secondary N) is 1. The highest BCUT2D eigenvalue weighted by Crippen LogP contribution is 2.36. The minimum atomic E-state index is -1.28. The molecule has 0 saturated carbocycles. The number of nitrogens with zero attached hydrogens (tertiary/aromatic N) is 2. The van der Waals surface area contributed by atoms with Crippen LogP contribution >= 0.6 is 11.6 Å². The fraction of sp³-hybridized carbons (Fsp3) is 0.360. The predicted octanol–water partition coefficient (Wildman–Crippen LogP) is 3.49. The van der Waals surface area contributed by atoms with Crippen LogP contribution in [0.3, 0.4) is 0 Å². The summed E-state index contributed by atoms with van der Waals surface area (Å²) in [6.45, 7) is 2.41. The number of aliphatic hydroxyl groups excluding tert-OH is 1. The first kappa shape index (κ1) is 24.4. The number of amides is 1. The van der Waals surface area contributed by atoms with Gasteiger partial charge >= 0.3 is 0 Å². The molecule has 5 rings (SSSR count). The van der Waals surface area contributed by atoms with E-state index < -0.39 is 23.9 Å².